The number of oxazole rings is 1. The molecule has 0 radical (unpaired) electrons. The Labute approximate surface area is 202 Å². The number of amides is 5. The summed E-state index contributed by atoms with van der Waals surface area (Å²) in [4.78, 5) is 55.1. The standard InChI is InChI=1S/C23H29N5O7/c1-23(2,3)35-21(31)26-28(20(30)25-18(29)19-24-11-14-33-19)17-9-12-27(13-10-17)22(32)34-15-16-7-5-4-6-8-16/h4-8,11,14,17H,9-10,12-13,15H2,1-3H3,(H,26,31)(H,25,29,30). The predicted molar refractivity (Wildman–Crippen MR) is 122 cm³/mol. The molecule has 1 aromatic heterocycles. The fourth-order valence-electron chi connectivity index (χ4n) is 3.37. The molecule has 5 amide bonds. The van der Waals surface area contributed by atoms with Gasteiger partial charge in [0.25, 0.3) is 5.89 Å². The number of hydrogen-bond donors (Lipinski definition) is 2. The molecule has 2 N–H and O–H groups in total. The molecule has 35 heavy (non-hydrogen) atoms. The van der Waals surface area contributed by atoms with Crippen LogP contribution in [0.2, 0.25) is 0 Å². The van der Waals surface area contributed by atoms with E-state index in [1.54, 1.807) is 20.8 Å². The zero-order valence-corrected chi connectivity index (χ0v) is 19.9. The lowest BCUT2D eigenvalue weighted by molar-refractivity contribution is 0.0237. The van der Waals surface area contributed by atoms with E-state index in [0.29, 0.717) is 12.8 Å². The van der Waals surface area contributed by atoms with Gasteiger partial charge in [0.05, 0.1) is 12.2 Å². The molecule has 12 nitrogen and oxygen atoms in total. The Morgan fingerprint density at radius 1 is 1.14 bits per heavy atom. The van der Waals surface area contributed by atoms with E-state index in [0.717, 1.165) is 10.6 Å². The zero-order valence-electron chi connectivity index (χ0n) is 19.9. The van der Waals surface area contributed by atoms with E-state index in [-0.39, 0.29) is 25.6 Å². The smallest absolute Gasteiger partial charge is 0.426 e. The highest BCUT2D eigenvalue weighted by molar-refractivity contribution is 6.01. The second-order valence-corrected chi connectivity index (χ2v) is 8.84. The van der Waals surface area contributed by atoms with Crippen LogP contribution in [0.3, 0.4) is 0 Å². The normalized spacial score (nSPS) is 14.1. The van der Waals surface area contributed by atoms with E-state index in [1.807, 2.05) is 30.3 Å². The molecular weight excluding hydrogens is 458 g/mol. The molecule has 0 bridgehead atoms. The van der Waals surface area contributed by atoms with Crippen molar-refractivity contribution < 1.29 is 33.1 Å². The summed E-state index contributed by atoms with van der Waals surface area (Å²) in [5.41, 5.74) is 2.48. The molecule has 1 aliphatic rings. The molecule has 1 fully saturated rings. The van der Waals surface area contributed by atoms with Gasteiger partial charge in [-0.2, -0.15) is 0 Å². The summed E-state index contributed by atoms with van der Waals surface area (Å²) in [6, 6.07) is 7.91. The molecule has 2 aromatic rings. The van der Waals surface area contributed by atoms with Crippen LogP contribution in [0.4, 0.5) is 14.4 Å². The Kier molecular flexibility index (Phi) is 8.29. The van der Waals surface area contributed by atoms with Gasteiger partial charge in [-0.05, 0) is 39.2 Å². The lowest BCUT2D eigenvalue weighted by Crippen LogP contribution is -2.59. The Hall–Kier alpha value is -4.09. The van der Waals surface area contributed by atoms with Crippen LogP contribution >= 0.6 is 0 Å². The van der Waals surface area contributed by atoms with E-state index in [2.05, 4.69) is 15.7 Å². The first-order valence-electron chi connectivity index (χ1n) is 11.1. The second-order valence-electron chi connectivity index (χ2n) is 8.84. The average Bonchev–Trinajstić information content (AvgIpc) is 3.36. The number of piperidine rings is 1. The lowest BCUT2D eigenvalue weighted by Gasteiger charge is -2.37. The van der Waals surface area contributed by atoms with E-state index in [4.69, 9.17) is 13.9 Å². The minimum Gasteiger partial charge on any atom is -0.445 e. The Balaban J connectivity index is 1.60. The molecule has 0 saturated carbocycles. The zero-order chi connectivity index (χ0) is 25.4. The monoisotopic (exact) mass is 487 g/mol. The number of benzene rings is 1. The van der Waals surface area contributed by atoms with E-state index >= 15 is 0 Å². The van der Waals surface area contributed by atoms with E-state index in [9.17, 15) is 19.2 Å². The Morgan fingerprint density at radius 2 is 1.83 bits per heavy atom. The molecule has 3 rings (SSSR count). The predicted octanol–water partition coefficient (Wildman–Crippen LogP) is 3.07. The molecular formula is C23H29N5O7. The number of likely N-dealkylation sites (tertiary alicyclic amines) is 1. The van der Waals surface area contributed by atoms with Crippen molar-refractivity contribution >= 4 is 24.1 Å². The van der Waals surface area contributed by atoms with Gasteiger partial charge in [-0.15, -0.1) is 0 Å². The largest absolute Gasteiger partial charge is 0.445 e. The highest BCUT2D eigenvalue weighted by atomic mass is 16.6. The van der Waals surface area contributed by atoms with Gasteiger partial charge in [-0.3, -0.25) is 10.1 Å². The van der Waals surface area contributed by atoms with Crippen molar-refractivity contribution in [3.63, 3.8) is 0 Å². The van der Waals surface area contributed by atoms with Crippen molar-refractivity contribution in [2.75, 3.05) is 13.1 Å². The molecule has 2 heterocycles. The van der Waals surface area contributed by atoms with Gasteiger partial charge >= 0.3 is 24.1 Å². The van der Waals surface area contributed by atoms with E-state index in [1.165, 1.54) is 17.4 Å². The number of aromatic nitrogens is 1. The number of imide groups is 1. The van der Waals surface area contributed by atoms with Crippen LogP contribution in [0, 0.1) is 0 Å². The van der Waals surface area contributed by atoms with Gasteiger partial charge in [0.2, 0.25) is 0 Å². The molecule has 12 heteroatoms. The fourth-order valence-corrected chi connectivity index (χ4v) is 3.37. The first-order valence-corrected chi connectivity index (χ1v) is 11.1. The first kappa shape index (κ1) is 25.5. The molecule has 188 valence electrons. The summed E-state index contributed by atoms with van der Waals surface area (Å²) in [6.07, 6.45) is 1.79. The number of rotatable bonds is 4. The fraction of sp³-hybridized carbons (Fsp3) is 0.435. The van der Waals surface area contributed by atoms with Gasteiger partial charge < -0.3 is 18.8 Å². The van der Waals surface area contributed by atoms with Crippen LogP contribution in [0.15, 0.2) is 47.2 Å². The summed E-state index contributed by atoms with van der Waals surface area (Å²) in [5.74, 6) is -1.16. The molecule has 0 unspecified atom stereocenters. The van der Waals surface area contributed by atoms with Crippen LogP contribution in [-0.2, 0) is 16.1 Å². The van der Waals surface area contributed by atoms with Crippen LogP contribution in [0.5, 0.6) is 0 Å². The first-order chi connectivity index (χ1) is 16.6. The molecule has 1 saturated heterocycles. The maximum Gasteiger partial charge on any atom is 0.426 e. The van der Waals surface area contributed by atoms with Crippen molar-refractivity contribution in [3.8, 4) is 0 Å². The minimum atomic E-state index is -0.885. The van der Waals surface area contributed by atoms with Gasteiger partial charge in [0.1, 0.15) is 18.5 Å². The summed E-state index contributed by atoms with van der Waals surface area (Å²) in [6.45, 7) is 5.77. The van der Waals surface area contributed by atoms with Gasteiger partial charge in [0, 0.05) is 13.1 Å². The van der Waals surface area contributed by atoms with E-state index < -0.39 is 35.8 Å². The van der Waals surface area contributed by atoms with Crippen LogP contribution in [-0.4, -0.2) is 63.7 Å². The van der Waals surface area contributed by atoms with Crippen LogP contribution < -0.4 is 10.7 Å². The third-order valence-corrected chi connectivity index (χ3v) is 4.97. The summed E-state index contributed by atoms with van der Waals surface area (Å²) < 4.78 is 15.5. The topological polar surface area (TPSA) is 143 Å². The SMILES string of the molecule is CC(C)(C)OC(=O)NN(C(=O)NC(=O)c1ncco1)C1CCN(C(=O)OCc2ccccc2)CC1. The molecule has 1 aromatic carbocycles. The van der Waals surface area contributed by atoms with Crippen molar-refractivity contribution in [1.29, 1.82) is 0 Å². The average molecular weight is 488 g/mol. The van der Waals surface area contributed by atoms with Gasteiger partial charge in [0.15, 0.2) is 0 Å². The highest BCUT2D eigenvalue weighted by Crippen LogP contribution is 2.18. The number of hydrazine groups is 1. The Bertz CT molecular complexity index is 1010. The van der Waals surface area contributed by atoms with Gasteiger partial charge in [-0.1, -0.05) is 30.3 Å². The summed E-state index contributed by atoms with van der Waals surface area (Å²) in [7, 11) is 0. The summed E-state index contributed by atoms with van der Waals surface area (Å²) >= 11 is 0. The van der Waals surface area contributed by atoms with Crippen LogP contribution in [0.1, 0.15) is 49.9 Å². The number of nitrogens with one attached hydrogen (secondary N) is 2. The van der Waals surface area contributed by atoms with Crippen molar-refractivity contribution in [3.05, 3.63) is 54.2 Å². The molecule has 0 aliphatic carbocycles. The maximum atomic E-state index is 12.9. The number of hydrogen-bond acceptors (Lipinski definition) is 8. The van der Waals surface area contributed by atoms with Gasteiger partial charge in [-0.25, -0.2) is 29.8 Å². The molecule has 1 aliphatic heterocycles. The Morgan fingerprint density at radius 3 is 2.43 bits per heavy atom. The number of urea groups is 1. The number of ether oxygens (including phenoxy) is 2. The van der Waals surface area contributed by atoms with Crippen LogP contribution in [0.25, 0.3) is 0 Å². The number of carbonyl (C=O) groups is 4. The number of nitrogens with zero attached hydrogens (tertiary/aromatic N) is 3. The third-order valence-electron chi connectivity index (χ3n) is 4.97. The molecule has 0 atom stereocenters. The minimum absolute atomic E-state index is 0.150. The number of carbonyl (C=O) groups excluding carboxylic acids is 4. The van der Waals surface area contributed by atoms with Crippen molar-refractivity contribution in [1.82, 2.24) is 25.6 Å². The molecule has 0 spiro atoms. The van der Waals surface area contributed by atoms with Crippen molar-refractivity contribution in [2.24, 2.45) is 0 Å². The van der Waals surface area contributed by atoms with Crippen molar-refractivity contribution in [2.45, 2.75) is 51.9 Å². The summed E-state index contributed by atoms with van der Waals surface area (Å²) in [5, 5.41) is 3.14. The maximum absolute atomic E-state index is 12.9. The second kappa shape index (κ2) is 11.4. The lowest BCUT2D eigenvalue weighted by atomic mass is 10.1. The highest BCUT2D eigenvalue weighted by Gasteiger charge is 2.33. The third kappa shape index (κ3) is 7.73. The quantitative estimate of drug-likeness (QED) is 0.626.